The van der Waals surface area contributed by atoms with E-state index < -0.39 is 0 Å². The number of nitrogens with one attached hydrogen (secondary N) is 1. The fraction of sp³-hybridized carbons (Fsp3) is 0.333. The highest BCUT2D eigenvalue weighted by Gasteiger charge is 2.23. The first-order valence-corrected chi connectivity index (χ1v) is 9.69. The van der Waals surface area contributed by atoms with Crippen molar-refractivity contribution < 1.29 is 4.79 Å². The van der Waals surface area contributed by atoms with Crippen LogP contribution in [0.1, 0.15) is 23.5 Å². The largest absolute Gasteiger partial charge is 0.340 e. The Balaban J connectivity index is 1.74. The van der Waals surface area contributed by atoms with E-state index in [2.05, 4.69) is 24.1 Å². The average molecular weight is 375 g/mol. The molecule has 132 valence electrons. The van der Waals surface area contributed by atoms with Gasteiger partial charge in [-0.15, -0.1) is 11.3 Å². The highest BCUT2D eigenvalue weighted by Crippen LogP contribution is 2.34. The van der Waals surface area contributed by atoms with Gasteiger partial charge >= 0.3 is 0 Å². The van der Waals surface area contributed by atoms with Gasteiger partial charge in [0.05, 0.1) is 9.58 Å². The van der Waals surface area contributed by atoms with E-state index in [9.17, 15) is 4.79 Å². The van der Waals surface area contributed by atoms with Crippen LogP contribution in [0.25, 0.3) is 9.53 Å². The molecule has 0 saturated carbocycles. The van der Waals surface area contributed by atoms with Crippen LogP contribution in [0.5, 0.6) is 0 Å². The zero-order valence-corrected chi connectivity index (χ0v) is 16.2. The van der Waals surface area contributed by atoms with Gasteiger partial charge in [-0.1, -0.05) is 43.4 Å². The second-order valence-corrected chi connectivity index (χ2v) is 8.88. The summed E-state index contributed by atoms with van der Waals surface area (Å²) in [7, 11) is 1.82. The molecule has 25 heavy (non-hydrogen) atoms. The van der Waals surface area contributed by atoms with Crippen LogP contribution in [0.3, 0.4) is 0 Å². The topological polar surface area (TPSA) is 71.2 Å². The molecule has 0 unspecified atom stereocenters. The SMILES string of the molecule is CN(CC(C)(C)CN)C(=O)c1cc2sc(Nc3ccccc3)nc2s1. The minimum atomic E-state index is -0.0932. The molecule has 0 fully saturated rings. The van der Waals surface area contributed by atoms with Gasteiger partial charge in [-0.3, -0.25) is 4.79 Å². The Hall–Kier alpha value is -1.96. The van der Waals surface area contributed by atoms with Crippen LogP contribution in [-0.4, -0.2) is 35.9 Å². The van der Waals surface area contributed by atoms with Gasteiger partial charge in [-0.25, -0.2) is 4.98 Å². The molecule has 5 nitrogen and oxygen atoms in total. The number of thiazole rings is 1. The third kappa shape index (κ3) is 4.18. The zero-order valence-electron chi connectivity index (χ0n) is 14.6. The molecule has 0 aliphatic rings. The van der Waals surface area contributed by atoms with E-state index >= 15 is 0 Å². The fourth-order valence-corrected chi connectivity index (χ4v) is 4.64. The van der Waals surface area contributed by atoms with E-state index in [0.717, 1.165) is 25.2 Å². The Morgan fingerprint density at radius 2 is 2.00 bits per heavy atom. The molecule has 7 heteroatoms. The smallest absolute Gasteiger partial charge is 0.263 e. The summed E-state index contributed by atoms with van der Waals surface area (Å²) in [6, 6.07) is 11.9. The number of nitrogens with two attached hydrogens (primary N) is 1. The van der Waals surface area contributed by atoms with E-state index in [4.69, 9.17) is 5.73 Å². The number of nitrogens with zero attached hydrogens (tertiary/aromatic N) is 2. The number of thiophene rings is 1. The monoisotopic (exact) mass is 374 g/mol. The van der Waals surface area contributed by atoms with Crippen molar-refractivity contribution in [3.63, 3.8) is 0 Å². The predicted molar refractivity (Wildman–Crippen MR) is 107 cm³/mol. The molecule has 0 atom stereocenters. The Labute approximate surface area is 155 Å². The third-order valence-electron chi connectivity index (χ3n) is 3.89. The Morgan fingerprint density at radius 1 is 1.28 bits per heavy atom. The van der Waals surface area contributed by atoms with Crippen LogP contribution in [0, 0.1) is 5.41 Å². The normalized spacial score (nSPS) is 11.7. The molecule has 0 radical (unpaired) electrons. The van der Waals surface area contributed by atoms with Crippen LogP contribution in [0.2, 0.25) is 0 Å². The van der Waals surface area contributed by atoms with Crippen LogP contribution in [0.4, 0.5) is 10.8 Å². The number of aromatic nitrogens is 1. The lowest BCUT2D eigenvalue weighted by molar-refractivity contribution is 0.0745. The summed E-state index contributed by atoms with van der Waals surface area (Å²) in [5.74, 6) is 0.0225. The Morgan fingerprint density at radius 3 is 2.64 bits per heavy atom. The summed E-state index contributed by atoms with van der Waals surface area (Å²) in [5.41, 5.74) is 6.68. The number of carbonyl (C=O) groups is 1. The molecular weight excluding hydrogens is 352 g/mol. The first kappa shape index (κ1) is 17.8. The Bertz CT molecular complexity index is 838. The molecule has 1 amide bonds. The number of amides is 1. The number of benzene rings is 1. The number of anilines is 2. The van der Waals surface area contributed by atoms with Crippen molar-refractivity contribution >= 4 is 48.9 Å². The molecule has 3 N–H and O–H groups in total. The number of carbonyl (C=O) groups excluding carboxylic acids is 1. The lowest BCUT2D eigenvalue weighted by atomic mass is 9.93. The summed E-state index contributed by atoms with van der Waals surface area (Å²) in [4.78, 5) is 20.6. The van der Waals surface area contributed by atoms with Gasteiger partial charge in [0.15, 0.2) is 5.13 Å². The van der Waals surface area contributed by atoms with Gasteiger partial charge in [0.25, 0.3) is 5.91 Å². The highest BCUT2D eigenvalue weighted by molar-refractivity contribution is 7.29. The summed E-state index contributed by atoms with van der Waals surface area (Å²) in [6.45, 7) is 5.29. The van der Waals surface area contributed by atoms with Crippen molar-refractivity contribution in [2.75, 3.05) is 25.5 Å². The molecule has 2 aromatic heterocycles. The molecule has 3 rings (SSSR count). The van der Waals surface area contributed by atoms with E-state index in [1.165, 1.54) is 11.3 Å². The van der Waals surface area contributed by atoms with Gasteiger partial charge in [0, 0.05) is 19.3 Å². The lowest BCUT2D eigenvalue weighted by Gasteiger charge is -2.28. The van der Waals surface area contributed by atoms with Gasteiger partial charge < -0.3 is 16.0 Å². The van der Waals surface area contributed by atoms with Crippen LogP contribution in [-0.2, 0) is 0 Å². The molecule has 0 spiro atoms. The summed E-state index contributed by atoms with van der Waals surface area (Å²) < 4.78 is 1.03. The van der Waals surface area contributed by atoms with Gasteiger partial charge in [0.1, 0.15) is 4.83 Å². The summed E-state index contributed by atoms with van der Waals surface area (Å²) in [5, 5.41) is 4.13. The third-order valence-corrected chi connectivity index (χ3v) is 5.95. The van der Waals surface area contributed by atoms with Gasteiger partial charge in [-0.05, 0) is 30.2 Å². The maximum Gasteiger partial charge on any atom is 0.263 e. The summed E-state index contributed by atoms with van der Waals surface area (Å²) in [6.07, 6.45) is 0. The zero-order chi connectivity index (χ0) is 18.0. The van der Waals surface area contributed by atoms with Crippen molar-refractivity contribution in [1.82, 2.24) is 9.88 Å². The number of para-hydroxylation sites is 1. The van der Waals surface area contributed by atoms with E-state index in [1.54, 1.807) is 16.2 Å². The molecule has 0 aliphatic heterocycles. The lowest BCUT2D eigenvalue weighted by Crippen LogP contribution is -2.39. The molecule has 0 saturated heterocycles. The van der Waals surface area contributed by atoms with Crippen molar-refractivity contribution in [1.29, 1.82) is 0 Å². The van der Waals surface area contributed by atoms with Crippen molar-refractivity contribution in [3.05, 3.63) is 41.3 Å². The van der Waals surface area contributed by atoms with Crippen molar-refractivity contribution in [2.45, 2.75) is 13.8 Å². The first-order valence-electron chi connectivity index (χ1n) is 8.06. The van der Waals surface area contributed by atoms with E-state index in [-0.39, 0.29) is 11.3 Å². The molecule has 1 aromatic carbocycles. The van der Waals surface area contributed by atoms with Crippen molar-refractivity contribution in [2.24, 2.45) is 11.1 Å². The number of fused-ring (bicyclic) bond motifs is 1. The second kappa shape index (κ2) is 7.11. The van der Waals surface area contributed by atoms with Crippen LogP contribution >= 0.6 is 22.7 Å². The molecular formula is C18H22N4OS2. The van der Waals surface area contributed by atoms with Gasteiger partial charge in [-0.2, -0.15) is 0 Å². The summed E-state index contributed by atoms with van der Waals surface area (Å²) >= 11 is 2.99. The quantitative estimate of drug-likeness (QED) is 0.680. The van der Waals surface area contributed by atoms with E-state index in [1.807, 2.05) is 43.4 Å². The minimum Gasteiger partial charge on any atom is -0.340 e. The molecule has 3 aromatic rings. The van der Waals surface area contributed by atoms with Gasteiger partial charge in [0.2, 0.25) is 0 Å². The highest BCUT2D eigenvalue weighted by atomic mass is 32.1. The number of rotatable bonds is 6. The molecule has 2 heterocycles. The maximum absolute atomic E-state index is 12.6. The fourth-order valence-electron chi connectivity index (χ4n) is 2.51. The Kier molecular flexibility index (Phi) is 5.08. The maximum atomic E-state index is 12.6. The molecule has 0 aliphatic carbocycles. The predicted octanol–water partition coefficient (Wildman–Crippen LogP) is 4.16. The number of hydrogen-bond acceptors (Lipinski definition) is 6. The van der Waals surface area contributed by atoms with Crippen LogP contribution in [0.15, 0.2) is 36.4 Å². The van der Waals surface area contributed by atoms with Crippen LogP contribution < -0.4 is 11.1 Å². The number of hydrogen-bond donors (Lipinski definition) is 2. The second-order valence-electron chi connectivity index (χ2n) is 6.82. The average Bonchev–Trinajstić information content (AvgIpc) is 3.13. The molecule has 0 bridgehead atoms. The van der Waals surface area contributed by atoms with Crippen molar-refractivity contribution in [3.8, 4) is 0 Å². The van der Waals surface area contributed by atoms with E-state index in [0.29, 0.717) is 13.1 Å². The first-order chi connectivity index (χ1) is 11.9. The minimum absolute atomic E-state index is 0.0225. The standard InChI is InChI=1S/C18H22N4OS2/c1-18(2,10-19)11-22(3)16(23)14-9-13-15(24-14)21-17(25-13)20-12-7-5-4-6-8-12/h4-9H,10-11,19H2,1-3H3,(H,20,21).